The molecule has 7 aromatic rings. The van der Waals surface area contributed by atoms with Gasteiger partial charge in [-0.2, -0.15) is 0 Å². The Hall–Kier alpha value is -4.42. The van der Waals surface area contributed by atoms with Crippen molar-refractivity contribution in [2.75, 3.05) is 0 Å². The third-order valence-corrected chi connectivity index (χ3v) is 10.2. The van der Waals surface area contributed by atoms with Gasteiger partial charge in [0, 0.05) is 10.8 Å². The maximum atomic E-state index is 2.49. The highest BCUT2D eigenvalue weighted by molar-refractivity contribution is 6.25. The smallest absolute Gasteiger partial charge is 0.0159 e. The molecule has 0 saturated heterocycles. The van der Waals surface area contributed by atoms with E-state index in [1.807, 2.05) is 0 Å². The summed E-state index contributed by atoms with van der Waals surface area (Å²) in [5, 5.41) is 8.05. The van der Waals surface area contributed by atoms with Crippen LogP contribution in [-0.2, 0) is 10.8 Å². The molecule has 0 atom stereocenters. The Balaban J connectivity index is 1.30. The van der Waals surface area contributed by atoms with Crippen molar-refractivity contribution in [3.05, 3.63) is 131 Å². The quantitative estimate of drug-likeness (QED) is 0.193. The van der Waals surface area contributed by atoms with Crippen LogP contribution in [0.4, 0.5) is 0 Å². The molecule has 0 nitrogen and oxygen atoms in total. The van der Waals surface area contributed by atoms with Gasteiger partial charge >= 0.3 is 0 Å². The van der Waals surface area contributed by atoms with Crippen LogP contribution in [0.25, 0.3) is 65.7 Å². The number of fused-ring (bicyclic) bond motifs is 7. The van der Waals surface area contributed by atoms with Crippen LogP contribution in [-0.4, -0.2) is 0 Å². The molecule has 0 heteroatoms. The summed E-state index contributed by atoms with van der Waals surface area (Å²) < 4.78 is 0. The Labute approximate surface area is 235 Å². The summed E-state index contributed by atoms with van der Waals surface area (Å²) in [4.78, 5) is 0. The third-order valence-electron chi connectivity index (χ3n) is 10.2. The van der Waals surface area contributed by atoms with E-state index in [4.69, 9.17) is 0 Å². The van der Waals surface area contributed by atoms with Crippen LogP contribution in [0.15, 0.2) is 109 Å². The van der Waals surface area contributed by atoms with Crippen molar-refractivity contribution in [3.63, 3.8) is 0 Å². The van der Waals surface area contributed by atoms with E-state index < -0.39 is 0 Å². The van der Waals surface area contributed by atoms with Crippen LogP contribution >= 0.6 is 0 Å². The summed E-state index contributed by atoms with van der Waals surface area (Å²) >= 11 is 0. The van der Waals surface area contributed by atoms with Gasteiger partial charge in [0.2, 0.25) is 0 Å². The summed E-state index contributed by atoms with van der Waals surface area (Å²) in [6, 6.07) is 41.5. The van der Waals surface area contributed by atoms with Gasteiger partial charge in [-0.15, -0.1) is 0 Å². The highest BCUT2D eigenvalue weighted by atomic mass is 14.5. The molecule has 9 rings (SSSR count). The Morgan fingerprint density at radius 1 is 0.400 bits per heavy atom. The second kappa shape index (κ2) is 7.20. The standard InChI is InChI=1S/C40H30/c1-39(2)31-11-6-5-10-29(31)37-32(39)20-21-33-38(37)30-19-16-26(22-34(30)40(33,3)4)27-17-14-25-13-12-23-8-7-9-24-15-18-28(27)36(25)35(23)24/h5-22H,1-4H3. The molecule has 0 bridgehead atoms. The van der Waals surface area contributed by atoms with Gasteiger partial charge < -0.3 is 0 Å². The monoisotopic (exact) mass is 510 g/mol. The van der Waals surface area contributed by atoms with E-state index in [0.29, 0.717) is 0 Å². The first-order valence-electron chi connectivity index (χ1n) is 14.5. The predicted octanol–water partition coefficient (Wildman–Crippen LogP) is 10.9. The van der Waals surface area contributed by atoms with E-state index in [1.54, 1.807) is 0 Å². The van der Waals surface area contributed by atoms with Gasteiger partial charge in [0.15, 0.2) is 0 Å². The van der Waals surface area contributed by atoms with Crippen LogP contribution in [0, 0.1) is 0 Å². The van der Waals surface area contributed by atoms with Crippen LogP contribution < -0.4 is 0 Å². The largest absolute Gasteiger partial charge is 0.0619 e. The molecule has 40 heavy (non-hydrogen) atoms. The number of hydrogen-bond acceptors (Lipinski definition) is 0. The fourth-order valence-electron chi connectivity index (χ4n) is 8.17. The molecule has 0 heterocycles. The van der Waals surface area contributed by atoms with Crippen LogP contribution in [0.2, 0.25) is 0 Å². The molecule has 0 aliphatic heterocycles. The maximum absolute atomic E-state index is 2.49. The van der Waals surface area contributed by atoms with Crippen molar-refractivity contribution in [3.8, 4) is 33.4 Å². The lowest BCUT2D eigenvalue weighted by molar-refractivity contribution is 0.651. The van der Waals surface area contributed by atoms with Crippen molar-refractivity contribution >= 4 is 32.3 Å². The Bertz CT molecular complexity index is 2190. The van der Waals surface area contributed by atoms with Crippen LogP contribution in [0.3, 0.4) is 0 Å². The van der Waals surface area contributed by atoms with E-state index in [0.717, 1.165) is 0 Å². The van der Waals surface area contributed by atoms with Crippen molar-refractivity contribution < 1.29 is 0 Å². The minimum atomic E-state index is -0.0683. The highest BCUT2D eigenvalue weighted by Gasteiger charge is 2.43. The molecular weight excluding hydrogens is 480 g/mol. The zero-order chi connectivity index (χ0) is 27.0. The first-order chi connectivity index (χ1) is 19.4. The van der Waals surface area contributed by atoms with Gasteiger partial charge in [-0.3, -0.25) is 0 Å². The maximum Gasteiger partial charge on any atom is 0.0159 e. The van der Waals surface area contributed by atoms with Crippen LogP contribution in [0.5, 0.6) is 0 Å². The zero-order valence-corrected chi connectivity index (χ0v) is 23.4. The fourth-order valence-corrected chi connectivity index (χ4v) is 8.17. The lowest BCUT2D eigenvalue weighted by atomic mass is 9.79. The topological polar surface area (TPSA) is 0 Å². The fraction of sp³-hybridized carbons (Fsp3) is 0.150. The molecule has 190 valence electrons. The van der Waals surface area contributed by atoms with Gasteiger partial charge in [-0.1, -0.05) is 131 Å². The summed E-state index contributed by atoms with van der Waals surface area (Å²) in [5.74, 6) is 0. The van der Waals surface area contributed by atoms with Crippen molar-refractivity contribution in [2.24, 2.45) is 0 Å². The minimum absolute atomic E-state index is 0.00944. The molecule has 2 aliphatic rings. The van der Waals surface area contributed by atoms with E-state index >= 15 is 0 Å². The number of rotatable bonds is 1. The molecule has 0 N–H and O–H groups in total. The molecular formula is C40H30. The molecule has 0 saturated carbocycles. The summed E-state index contributed by atoms with van der Waals surface area (Å²) in [7, 11) is 0. The van der Waals surface area contributed by atoms with E-state index in [-0.39, 0.29) is 10.8 Å². The average Bonchev–Trinajstić information content (AvgIpc) is 3.35. The lowest BCUT2D eigenvalue weighted by Crippen LogP contribution is -2.17. The Morgan fingerprint density at radius 3 is 1.73 bits per heavy atom. The van der Waals surface area contributed by atoms with Crippen molar-refractivity contribution in [2.45, 2.75) is 38.5 Å². The molecule has 0 spiro atoms. The Morgan fingerprint density at radius 2 is 0.975 bits per heavy atom. The molecule has 0 radical (unpaired) electrons. The minimum Gasteiger partial charge on any atom is -0.0619 e. The first kappa shape index (κ1) is 22.4. The van der Waals surface area contributed by atoms with Gasteiger partial charge in [-0.25, -0.2) is 0 Å². The second-order valence-electron chi connectivity index (χ2n) is 12.9. The van der Waals surface area contributed by atoms with Gasteiger partial charge in [0.25, 0.3) is 0 Å². The van der Waals surface area contributed by atoms with E-state index in [1.165, 1.54) is 88.0 Å². The van der Waals surface area contributed by atoms with E-state index in [9.17, 15) is 0 Å². The molecule has 0 unspecified atom stereocenters. The number of benzene rings is 7. The Kier molecular flexibility index (Phi) is 4.03. The molecule has 0 fully saturated rings. The molecule has 2 aliphatic carbocycles. The zero-order valence-electron chi connectivity index (χ0n) is 23.4. The first-order valence-corrected chi connectivity index (χ1v) is 14.5. The van der Waals surface area contributed by atoms with E-state index in [2.05, 4.69) is 137 Å². The summed E-state index contributed by atoms with van der Waals surface area (Å²) in [6.07, 6.45) is 0. The average molecular weight is 511 g/mol. The van der Waals surface area contributed by atoms with Crippen LogP contribution in [0.1, 0.15) is 49.9 Å². The summed E-state index contributed by atoms with van der Waals surface area (Å²) in [5.41, 5.74) is 14.0. The van der Waals surface area contributed by atoms with Gasteiger partial charge in [0.05, 0.1) is 0 Å². The SMILES string of the molecule is CC1(C)c2ccccc2-c2c1ccc1c2-c2ccc(-c3ccc4ccc5cccc6ccc3c4c56)cc2C1(C)C. The van der Waals surface area contributed by atoms with Crippen molar-refractivity contribution in [1.82, 2.24) is 0 Å². The highest BCUT2D eigenvalue weighted by Crippen LogP contribution is 2.59. The summed E-state index contributed by atoms with van der Waals surface area (Å²) in [6.45, 7) is 9.57. The van der Waals surface area contributed by atoms with Gasteiger partial charge in [0.1, 0.15) is 0 Å². The predicted molar refractivity (Wildman–Crippen MR) is 171 cm³/mol. The molecule has 0 amide bonds. The third kappa shape index (κ3) is 2.58. The normalized spacial score (nSPS) is 15.9. The van der Waals surface area contributed by atoms with Gasteiger partial charge in [-0.05, 0) is 94.0 Å². The molecule has 7 aromatic carbocycles. The lowest BCUT2D eigenvalue weighted by Gasteiger charge is -2.24. The number of hydrogen-bond donors (Lipinski definition) is 0. The molecule has 0 aromatic heterocycles. The second-order valence-corrected chi connectivity index (χ2v) is 12.9. The van der Waals surface area contributed by atoms with Crippen molar-refractivity contribution in [1.29, 1.82) is 0 Å².